The molecule has 0 unspecified atom stereocenters. The van der Waals surface area contributed by atoms with E-state index in [1.807, 2.05) is 0 Å². The Kier molecular flexibility index (Phi) is 5.85. The maximum atomic E-state index is 5.21. The van der Waals surface area contributed by atoms with Crippen LogP contribution in [0.1, 0.15) is 0 Å². The zero-order chi connectivity index (χ0) is 29.7. The number of aromatic nitrogens is 2. The van der Waals surface area contributed by atoms with Gasteiger partial charge in [-0.25, -0.2) is 4.98 Å². The van der Waals surface area contributed by atoms with E-state index in [0.717, 1.165) is 22.5 Å². The lowest BCUT2D eigenvalue weighted by Crippen LogP contribution is -1.96. The predicted octanol–water partition coefficient (Wildman–Crippen LogP) is 11.5. The van der Waals surface area contributed by atoms with E-state index < -0.39 is 0 Å². The van der Waals surface area contributed by atoms with Gasteiger partial charge in [0, 0.05) is 32.8 Å². The molecule has 0 saturated carbocycles. The fourth-order valence-electron chi connectivity index (χ4n) is 6.86. The van der Waals surface area contributed by atoms with E-state index >= 15 is 0 Å². The number of hydrogen-bond donors (Lipinski definition) is 0. The standard InChI is InChI=1S/C43H28N2/c1-3-13-29(14-4-1)32-25-33(30-15-5-2-6-16-30)27-34(26-32)45-41-22-12-10-19-37(41)39-28-31(23-24-42(39)45)43-38-20-8-7-17-35(38)36-18-9-11-21-40(36)44-43/h1-28H. The van der Waals surface area contributed by atoms with Gasteiger partial charge in [-0.15, -0.1) is 0 Å². The number of para-hydroxylation sites is 2. The van der Waals surface area contributed by atoms with E-state index in [2.05, 4.69) is 174 Å². The molecule has 9 aromatic rings. The summed E-state index contributed by atoms with van der Waals surface area (Å²) in [6.07, 6.45) is 0. The third kappa shape index (κ3) is 4.22. The molecule has 2 heterocycles. The smallest absolute Gasteiger partial charge is 0.0788 e. The molecule has 0 aliphatic heterocycles. The fourth-order valence-corrected chi connectivity index (χ4v) is 6.86. The normalized spacial score (nSPS) is 11.6. The Labute approximate surface area is 261 Å². The van der Waals surface area contributed by atoms with Crippen LogP contribution in [0.3, 0.4) is 0 Å². The van der Waals surface area contributed by atoms with Crippen molar-refractivity contribution in [3.05, 3.63) is 170 Å². The molecule has 2 nitrogen and oxygen atoms in total. The predicted molar refractivity (Wildman–Crippen MR) is 190 cm³/mol. The van der Waals surface area contributed by atoms with E-state index in [0.29, 0.717) is 0 Å². The summed E-state index contributed by atoms with van der Waals surface area (Å²) in [5.74, 6) is 0. The van der Waals surface area contributed by atoms with Crippen molar-refractivity contribution in [3.63, 3.8) is 0 Å². The van der Waals surface area contributed by atoms with Crippen molar-refractivity contribution in [2.45, 2.75) is 0 Å². The van der Waals surface area contributed by atoms with Crippen molar-refractivity contribution in [1.82, 2.24) is 9.55 Å². The van der Waals surface area contributed by atoms with E-state index in [4.69, 9.17) is 4.98 Å². The number of hydrogen-bond acceptors (Lipinski definition) is 1. The second-order valence-electron chi connectivity index (χ2n) is 11.6. The fraction of sp³-hybridized carbons (Fsp3) is 0. The molecule has 0 saturated heterocycles. The molecule has 0 radical (unpaired) electrons. The first kappa shape index (κ1) is 25.5. The maximum absolute atomic E-state index is 5.21. The first-order valence-electron chi connectivity index (χ1n) is 15.4. The molecule has 2 aromatic heterocycles. The highest BCUT2D eigenvalue weighted by Gasteiger charge is 2.17. The molecule has 210 valence electrons. The van der Waals surface area contributed by atoms with Gasteiger partial charge in [-0.3, -0.25) is 0 Å². The summed E-state index contributed by atoms with van der Waals surface area (Å²) in [7, 11) is 0. The van der Waals surface area contributed by atoms with Crippen molar-refractivity contribution >= 4 is 43.5 Å². The third-order valence-electron chi connectivity index (χ3n) is 8.94. The topological polar surface area (TPSA) is 17.8 Å². The van der Waals surface area contributed by atoms with Crippen LogP contribution in [0.5, 0.6) is 0 Å². The van der Waals surface area contributed by atoms with Crippen molar-refractivity contribution in [3.8, 4) is 39.2 Å². The highest BCUT2D eigenvalue weighted by Crippen LogP contribution is 2.39. The summed E-state index contributed by atoms with van der Waals surface area (Å²) < 4.78 is 2.42. The maximum Gasteiger partial charge on any atom is 0.0788 e. The SMILES string of the molecule is c1ccc(-c2cc(-c3ccccc3)cc(-n3c4ccccc4c4cc(-c5nc6ccccc6c6ccccc56)ccc43)c2)cc1. The average molecular weight is 573 g/mol. The van der Waals surface area contributed by atoms with E-state index in [-0.39, 0.29) is 0 Å². The molecule has 0 fully saturated rings. The Bertz CT molecular complexity index is 2470. The minimum Gasteiger partial charge on any atom is -0.309 e. The summed E-state index contributed by atoms with van der Waals surface area (Å²) in [5.41, 5.74) is 11.4. The van der Waals surface area contributed by atoms with Gasteiger partial charge in [0.1, 0.15) is 0 Å². The Balaban J connectivity index is 1.31. The molecular formula is C43H28N2. The summed E-state index contributed by atoms with van der Waals surface area (Å²) in [5, 5.41) is 6.02. The lowest BCUT2D eigenvalue weighted by molar-refractivity contribution is 1.18. The lowest BCUT2D eigenvalue weighted by atomic mass is 9.98. The zero-order valence-electron chi connectivity index (χ0n) is 24.6. The molecule has 0 amide bonds. The van der Waals surface area contributed by atoms with Crippen LogP contribution in [0, 0.1) is 0 Å². The van der Waals surface area contributed by atoms with E-state index in [1.54, 1.807) is 0 Å². The van der Waals surface area contributed by atoms with E-state index in [1.165, 1.54) is 60.2 Å². The first-order valence-corrected chi connectivity index (χ1v) is 15.4. The second-order valence-corrected chi connectivity index (χ2v) is 11.6. The minimum atomic E-state index is 1.01. The summed E-state index contributed by atoms with van der Waals surface area (Å²) in [4.78, 5) is 5.21. The molecule has 0 spiro atoms. The van der Waals surface area contributed by atoms with Crippen LogP contribution < -0.4 is 0 Å². The summed E-state index contributed by atoms with van der Waals surface area (Å²) in [6, 6.07) is 60.9. The van der Waals surface area contributed by atoms with Gasteiger partial charge in [-0.05, 0) is 70.1 Å². The highest BCUT2D eigenvalue weighted by molar-refractivity contribution is 6.14. The van der Waals surface area contributed by atoms with Crippen molar-refractivity contribution in [1.29, 1.82) is 0 Å². The zero-order valence-corrected chi connectivity index (χ0v) is 24.6. The van der Waals surface area contributed by atoms with Crippen LogP contribution in [0.2, 0.25) is 0 Å². The van der Waals surface area contributed by atoms with Crippen LogP contribution in [-0.4, -0.2) is 9.55 Å². The Morgan fingerprint density at radius 1 is 0.333 bits per heavy atom. The van der Waals surface area contributed by atoms with Gasteiger partial charge in [0.2, 0.25) is 0 Å². The van der Waals surface area contributed by atoms with Gasteiger partial charge in [-0.1, -0.05) is 127 Å². The molecular weight excluding hydrogens is 544 g/mol. The van der Waals surface area contributed by atoms with Gasteiger partial charge >= 0.3 is 0 Å². The molecule has 0 bridgehead atoms. The minimum absolute atomic E-state index is 1.01. The van der Waals surface area contributed by atoms with Crippen molar-refractivity contribution in [2.75, 3.05) is 0 Å². The van der Waals surface area contributed by atoms with Gasteiger partial charge in [0.15, 0.2) is 0 Å². The largest absolute Gasteiger partial charge is 0.309 e. The average Bonchev–Trinajstić information content (AvgIpc) is 3.45. The van der Waals surface area contributed by atoms with Crippen LogP contribution in [0.15, 0.2) is 170 Å². The number of benzene rings is 7. The number of fused-ring (bicyclic) bond motifs is 6. The Morgan fingerprint density at radius 2 is 0.889 bits per heavy atom. The van der Waals surface area contributed by atoms with Gasteiger partial charge in [0.25, 0.3) is 0 Å². The van der Waals surface area contributed by atoms with Crippen molar-refractivity contribution in [2.24, 2.45) is 0 Å². The van der Waals surface area contributed by atoms with Crippen LogP contribution in [-0.2, 0) is 0 Å². The van der Waals surface area contributed by atoms with Gasteiger partial charge < -0.3 is 4.57 Å². The van der Waals surface area contributed by atoms with Gasteiger partial charge in [0.05, 0.1) is 22.2 Å². The number of nitrogens with zero attached hydrogens (tertiary/aromatic N) is 2. The quantitative estimate of drug-likeness (QED) is 0.192. The molecule has 0 atom stereocenters. The molecule has 0 N–H and O–H groups in total. The van der Waals surface area contributed by atoms with Crippen LogP contribution >= 0.6 is 0 Å². The second kappa shape index (κ2) is 10.3. The molecule has 9 rings (SSSR count). The molecule has 2 heteroatoms. The van der Waals surface area contributed by atoms with E-state index in [9.17, 15) is 0 Å². The molecule has 7 aromatic carbocycles. The number of pyridine rings is 1. The Hall–Kier alpha value is -5.99. The van der Waals surface area contributed by atoms with Crippen molar-refractivity contribution < 1.29 is 0 Å². The van der Waals surface area contributed by atoms with Crippen LogP contribution in [0.25, 0.3) is 82.7 Å². The lowest BCUT2D eigenvalue weighted by Gasteiger charge is -2.14. The molecule has 0 aliphatic carbocycles. The van der Waals surface area contributed by atoms with Crippen LogP contribution in [0.4, 0.5) is 0 Å². The third-order valence-corrected chi connectivity index (χ3v) is 8.94. The Morgan fingerprint density at radius 3 is 1.60 bits per heavy atom. The first-order chi connectivity index (χ1) is 22.3. The number of rotatable bonds is 4. The van der Waals surface area contributed by atoms with Gasteiger partial charge in [-0.2, -0.15) is 0 Å². The summed E-state index contributed by atoms with van der Waals surface area (Å²) >= 11 is 0. The molecule has 45 heavy (non-hydrogen) atoms. The summed E-state index contributed by atoms with van der Waals surface area (Å²) in [6.45, 7) is 0. The monoisotopic (exact) mass is 572 g/mol. The molecule has 0 aliphatic rings. The highest BCUT2D eigenvalue weighted by atomic mass is 15.0.